The minimum absolute atomic E-state index is 0.0350. The number of hydrogen-bond acceptors (Lipinski definition) is 6. The summed E-state index contributed by atoms with van der Waals surface area (Å²) in [5.74, 6) is -0.350. The Labute approximate surface area is 118 Å². The first-order valence-corrected chi connectivity index (χ1v) is 6.58. The Kier molecular flexibility index (Phi) is 3.94. The van der Waals surface area contributed by atoms with Crippen LogP contribution in [0.2, 0.25) is 0 Å². The molecule has 0 saturated heterocycles. The third-order valence-corrected chi connectivity index (χ3v) is 3.41. The monoisotopic (exact) mass is 292 g/mol. The lowest BCUT2D eigenvalue weighted by atomic mass is 10.1. The van der Waals surface area contributed by atoms with E-state index in [4.69, 9.17) is 5.73 Å². The van der Waals surface area contributed by atoms with Gasteiger partial charge in [0.25, 0.3) is 11.6 Å². The summed E-state index contributed by atoms with van der Waals surface area (Å²) in [5.41, 5.74) is 6.34. The van der Waals surface area contributed by atoms with Gasteiger partial charge in [-0.15, -0.1) is 11.3 Å². The highest BCUT2D eigenvalue weighted by Crippen LogP contribution is 2.22. The maximum absolute atomic E-state index is 11.9. The van der Waals surface area contributed by atoms with Gasteiger partial charge >= 0.3 is 0 Å². The Balaban J connectivity index is 2.06. The molecular weight excluding hydrogens is 280 g/mol. The van der Waals surface area contributed by atoms with Gasteiger partial charge in [0.15, 0.2) is 0 Å². The number of hydrogen-bond donors (Lipinski definition) is 2. The van der Waals surface area contributed by atoms with Crippen molar-refractivity contribution in [2.24, 2.45) is 0 Å². The molecule has 1 heterocycles. The highest BCUT2D eigenvalue weighted by atomic mass is 32.1. The number of nitrogens with zero attached hydrogens (tertiary/aromatic N) is 2. The normalized spacial score (nSPS) is 10.2. The van der Waals surface area contributed by atoms with Gasteiger partial charge in [-0.25, -0.2) is 4.98 Å². The fraction of sp³-hybridized carbons (Fsp3) is 0.167. The molecule has 0 aliphatic carbocycles. The smallest absolute Gasteiger partial charge is 0.292 e. The molecule has 2 rings (SSSR count). The number of benzene rings is 1. The molecule has 0 saturated carbocycles. The third kappa shape index (κ3) is 3.09. The van der Waals surface area contributed by atoms with E-state index < -0.39 is 4.92 Å². The molecule has 0 spiro atoms. The molecule has 0 radical (unpaired) electrons. The van der Waals surface area contributed by atoms with E-state index in [1.54, 1.807) is 0 Å². The van der Waals surface area contributed by atoms with Gasteiger partial charge < -0.3 is 11.1 Å². The fourth-order valence-electron chi connectivity index (χ4n) is 1.62. The van der Waals surface area contributed by atoms with Crippen LogP contribution in [0.5, 0.6) is 0 Å². The van der Waals surface area contributed by atoms with Crippen LogP contribution in [-0.4, -0.2) is 15.8 Å². The second-order valence-corrected chi connectivity index (χ2v) is 5.13. The lowest BCUT2D eigenvalue weighted by Crippen LogP contribution is -2.23. The van der Waals surface area contributed by atoms with Crippen molar-refractivity contribution in [3.63, 3.8) is 0 Å². The molecule has 1 aromatic carbocycles. The molecule has 0 bridgehead atoms. The first-order valence-electron chi connectivity index (χ1n) is 5.70. The van der Waals surface area contributed by atoms with E-state index in [1.807, 2.05) is 12.3 Å². The van der Waals surface area contributed by atoms with Crippen LogP contribution in [0.1, 0.15) is 21.1 Å². The van der Waals surface area contributed by atoms with E-state index in [0.29, 0.717) is 6.54 Å². The van der Waals surface area contributed by atoms with Crippen molar-refractivity contribution in [1.29, 1.82) is 0 Å². The van der Waals surface area contributed by atoms with E-state index in [2.05, 4.69) is 10.3 Å². The molecular formula is C12H12N4O3S. The van der Waals surface area contributed by atoms with Crippen LogP contribution in [0.25, 0.3) is 0 Å². The van der Waals surface area contributed by atoms with Gasteiger partial charge in [-0.2, -0.15) is 0 Å². The van der Waals surface area contributed by atoms with Crippen molar-refractivity contribution in [1.82, 2.24) is 10.3 Å². The van der Waals surface area contributed by atoms with Gasteiger partial charge in [0.2, 0.25) is 0 Å². The zero-order valence-electron chi connectivity index (χ0n) is 10.6. The summed E-state index contributed by atoms with van der Waals surface area (Å²) in [5, 5.41) is 16.1. The van der Waals surface area contributed by atoms with E-state index >= 15 is 0 Å². The van der Waals surface area contributed by atoms with Crippen molar-refractivity contribution < 1.29 is 9.72 Å². The van der Waals surface area contributed by atoms with Crippen molar-refractivity contribution in [2.45, 2.75) is 13.5 Å². The molecule has 0 aliphatic heterocycles. The maximum atomic E-state index is 11.9. The number of aryl methyl sites for hydroxylation is 1. The Morgan fingerprint density at radius 1 is 1.55 bits per heavy atom. The van der Waals surface area contributed by atoms with Gasteiger partial charge in [0.1, 0.15) is 5.69 Å². The minimum Gasteiger partial charge on any atom is -0.393 e. The minimum atomic E-state index is -0.588. The van der Waals surface area contributed by atoms with Crippen LogP contribution in [0.3, 0.4) is 0 Å². The van der Waals surface area contributed by atoms with Gasteiger partial charge in [-0.3, -0.25) is 14.9 Å². The Bertz CT molecular complexity index is 668. The van der Waals surface area contributed by atoms with Crippen LogP contribution < -0.4 is 11.1 Å². The molecule has 0 aliphatic rings. The van der Waals surface area contributed by atoms with E-state index in [9.17, 15) is 14.9 Å². The summed E-state index contributed by atoms with van der Waals surface area (Å²) in [6.07, 6.45) is 0. The van der Waals surface area contributed by atoms with Crippen molar-refractivity contribution in [3.8, 4) is 0 Å². The van der Waals surface area contributed by atoms with Crippen molar-refractivity contribution >= 4 is 28.6 Å². The molecule has 20 heavy (non-hydrogen) atoms. The molecule has 3 N–H and O–H groups in total. The number of carbonyl (C=O) groups is 1. The number of amides is 1. The lowest BCUT2D eigenvalue weighted by molar-refractivity contribution is -0.383. The molecule has 0 atom stereocenters. The first kappa shape index (κ1) is 13.9. The van der Waals surface area contributed by atoms with Gasteiger partial charge in [0.05, 0.1) is 22.2 Å². The zero-order valence-corrected chi connectivity index (χ0v) is 11.4. The second kappa shape index (κ2) is 5.66. The zero-order chi connectivity index (χ0) is 14.7. The SMILES string of the molecule is Cc1nc(CNC(=O)c2ccc([N+](=O)[O-])c(N)c2)cs1. The number of nitro groups is 1. The number of anilines is 1. The molecule has 1 amide bonds. The average molecular weight is 292 g/mol. The summed E-state index contributed by atoms with van der Waals surface area (Å²) in [7, 11) is 0. The van der Waals surface area contributed by atoms with E-state index in [0.717, 1.165) is 10.7 Å². The quantitative estimate of drug-likeness (QED) is 0.507. The summed E-state index contributed by atoms with van der Waals surface area (Å²) in [4.78, 5) is 26.2. The predicted octanol–water partition coefficient (Wildman–Crippen LogP) is 1.87. The molecule has 2 aromatic rings. The number of nitrogens with one attached hydrogen (secondary N) is 1. The number of aromatic nitrogens is 1. The number of nitrogens with two attached hydrogens (primary N) is 1. The number of thiazole rings is 1. The van der Waals surface area contributed by atoms with Crippen LogP contribution in [0.4, 0.5) is 11.4 Å². The van der Waals surface area contributed by atoms with E-state index in [-0.39, 0.29) is 22.8 Å². The third-order valence-electron chi connectivity index (χ3n) is 2.58. The highest BCUT2D eigenvalue weighted by Gasteiger charge is 2.14. The van der Waals surface area contributed by atoms with Crippen LogP contribution in [0, 0.1) is 17.0 Å². The largest absolute Gasteiger partial charge is 0.393 e. The Morgan fingerprint density at radius 2 is 2.30 bits per heavy atom. The average Bonchev–Trinajstić information content (AvgIpc) is 2.81. The summed E-state index contributed by atoms with van der Waals surface area (Å²) < 4.78 is 0. The topological polar surface area (TPSA) is 111 Å². The summed E-state index contributed by atoms with van der Waals surface area (Å²) in [6, 6.07) is 3.88. The van der Waals surface area contributed by atoms with Gasteiger partial charge in [-0.05, 0) is 19.1 Å². The molecule has 0 unspecified atom stereocenters. The number of rotatable bonds is 4. The summed E-state index contributed by atoms with van der Waals surface area (Å²) in [6.45, 7) is 2.19. The number of nitro benzene ring substituents is 1. The van der Waals surface area contributed by atoms with Crippen LogP contribution >= 0.6 is 11.3 Å². The van der Waals surface area contributed by atoms with Crippen molar-refractivity contribution in [3.05, 3.63) is 50.0 Å². The molecule has 7 nitrogen and oxygen atoms in total. The number of carbonyl (C=O) groups excluding carboxylic acids is 1. The van der Waals surface area contributed by atoms with Gasteiger partial charge in [0, 0.05) is 17.0 Å². The predicted molar refractivity (Wildman–Crippen MR) is 75.5 cm³/mol. The maximum Gasteiger partial charge on any atom is 0.292 e. The highest BCUT2D eigenvalue weighted by molar-refractivity contribution is 7.09. The van der Waals surface area contributed by atoms with E-state index in [1.165, 1.54) is 29.5 Å². The standard InChI is InChI=1S/C12H12N4O3S/c1-7-15-9(6-20-7)5-14-12(17)8-2-3-11(16(18)19)10(13)4-8/h2-4,6H,5,13H2,1H3,(H,14,17). The molecule has 104 valence electrons. The summed E-state index contributed by atoms with van der Waals surface area (Å²) >= 11 is 1.50. The lowest BCUT2D eigenvalue weighted by Gasteiger charge is -2.04. The fourth-order valence-corrected chi connectivity index (χ4v) is 2.24. The van der Waals surface area contributed by atoms with Crippen LogP contribution in [-0.2, 0) is 6.54 Å². The molecule has 1 aromatic heterocycles. The Morgan fingerprint density at radius 3 is 2.85 bits per heavy atom. The second-order valence-electron chi connectivity index (χ2n) is 4.07. The molecule has 0 fully saturated rings. The Hall–Kier alpha value is -2.48. The van der Waals surface area contributed by atoms with Crippen LogP contribution in [0.15, 0.2) is 23.6 Å². The number of nitrogen functional groups attached to an aromatic ring is 1. The first-order chi connectivity index (χ1) is 9.47. The van der Waals surface area contributed by atoms with Crippen molar-refractivity contribution in [2.75, 3.05) is 5.73 Å². The molecule has 8 heteroatoms. The van der Waals surface area contributed by atoms with Gasteiger partial charge in [-0.1, -0.05) is 0 Å².